The van der Waals surface area contributed by atoms with E-state index in [4.69, 9.17) is 9.47 Å². The van der Waals surface area contributed by atoms with Crippen molar-refractivity contribution >= 4 is 49.4 Å². The Morgan fingerprint density at radius 1 is 1.08 bits per heavy atom. The third-order valence-electron chi connectivity index (χ3n) is 5.12. The molecule has 0 aliphatic heterocycles. The molecule has 0 radical (unpaired) electrons. The van der Waals surface area contributed by atoms with E-state index in [2.05, 4.69) is 26.5 Å². The Kier molecular flexibility index (Phi) is 8.84. The number of methoxy groups -OCH3 is 2. The number of carbonyl (C=O) groups is 1. The number of carbonyl (C=O) groups excluding carboxylic acids is 1. The second-order valence-electron chi connectivity index (χ2n) is 7.63. The molecule has 1 amide bonds. The highest BCUT2D eigenvalue weighted by Crippen LogP contribution is 2.31. The number of sulfonamides is 1. The maximum absolute atomic E-state index is 13.5. The number of halogens is 1. The van der Waals surface area contributed by atoms with E-state index in [0.29, 0.717) is 15.8 Å². The molecular formula is C24H23BrN4O7S. The Morgan fingerprint density at radius 2 is 1.73 bits per heavy atom. The molecule has 3 aromatic rings. The van der Waals surface area contributed by atoms with Crippen molar-refractivity contribution < 1.29 is 27.6 Å². The zero-order valence-electron chi connectivity index (χ0n) is 20.0. The summed E-state index contributed by atoms with van der Waals surface area (Å²) in [7, 11) is -1.39. The van der Waals surface area contributed by atoms with E-state index in [-0.39, 0.29) is 22.0 Å². The second kappa shape index (κ2) is 11.8. The number of benzene rings is 3. The highest BCUT2D eigenvalue weighted by molar-refractivity contribution is 9.10. The lowest BCUT2D eigenvalue weighted by molar-refractivity contribution is -0.385. The zero-order chi connectivity index (χ0) is 27.2. The van der Waals surface area contributed by atoms with Crippen LogP contribution in [0.25, 0.3) is 0 Å². The number of amides is 1. The van der Waals surface area contributed by atoms with Gasteiger partial charge in [-0.15, -0.1) is 0 Å². The molecule has 0 spiro atoms. The van der Waals surface area contributed by atoms with Crippen LogP contribution in [0.1, 0.15) is 11.1 Å². The van der Waals surface area contributed by atoms with E-state index in [1.807, 2.05) is 6.92 Å². The van der Waals surface area contributed by atoms with Gasteiger partial charge in [0.15, 0.2) is 5.75 Å². The number of hydrogen-bond donors (Lipinski definition) is 1. The second-order valence-corrected chi connectivity index (χ2v) is 10.3. The molecule has 0 aliphatic carbocycles. The Hall–Kier alpha value is -3.97. The molecular weight excluding hydrogens is 568 g/mol. The van der Waals surface area contributed by atoms with Crippen molar-refractivity contribution in [3.8, 4) is 11.5 Å². The van der Waals surface area contributed by atoms with Crippen LogP contribution in [-0.2, 0) is 14.8 Å². The number of nitro benzene ring substituents is 1. The van der Waals surface area contributed by atoms with Gasteiger partial charge in [0.25, 0.3) is 15.9 Å². The topological polar surface area (TPSA) is 140 Å². The number of nitrogens with one attached hydrogen (secondary N) is 1. The number of nitro groups is 1. The third-order valence-corrected chi connectivity index (χ3v) is 7.51. The minimum absolute atomic E-state index is 0.0532. The van der Waals surface area contributed by atoms with Crippen LogP contribution >= 0.6 is 15.9 Å². The Labute approximate surface area is 222 Å². The SMILES string of the molecule is COc1ccc(S(=O)(=O)N(CC(=O)N/N=C\c2ccc(OC)c([N+](=O)[O-])c2)c2ccc(C)cc2)cc1Br. The van der Waals surface area contributed by atoms with E-state index in [0.717, 1.165) is 9.87 Å². The molecule has 0 saturated carbocycles. The first kappa shape index (κ1) is 27.6. The molecule has 194 valence electrons. The maximum Gasteiger partial charge on any atom is 0.311 e. The summed E-state index contributed by atoms with van der Waals surface area (Å²) in [6, 6.07) is 15.1. The first-order valence-corrected chi connectivity index (χ1v) is 12.9. The average Bonchev–Trinajstić information content (AvgIpc) is 2.87. The third kappa shape index (κ3) is 6.62. The summed E-state index contributed by atoms with van der Waals surface area (Å²) in [6.07, 6.45) is 1.20. The highest BCUT2D eigenvalue weighted by Gasteiger charge is 2.28. The van der Waals surface area contributed by atoms with E-state index in [1.165, 1.54) is 56.8 Å². The van der Waals surface area contributed by atoms with Crippen molar-refractivity contribution in [3.63, 3.8) is 0 Å². The van der Waals surface area contributed by atoms with Crippen molar-refractivity contribution in [2.24, 2.45) is 5.10 Å². The molecule has 37 heavy (non-hydrogen) atoms. The smallest absolute Gasteiger partial charge is 0.311 e. The zero-order valence-corrected chi connectivity index (χ0v) is 22.4. The van der Waals surface area contributed by atoms with Crippen LogP contribution in [0.3, 0.4) is 0 Å². The fraction of sp³-hybridized carbons (Fsp3) is 0.167. The Morgan fingerprint density at radius 3 is 2.32 bits per heavy atom. The van der Waals surface area contributed by atoms with E-state index in [9.17, 15) is 23.3 Å². The van der Waals surface area contributed by atoms with Gasteiger partial charge in [0, 0.05) is 11.6 Å². The number of hydrazone groups is 1. The number of aryl methyl sites for hydroxylation is 1. The molecule has 1 N–H and O–H groups in total. The average molecular weight is 591 g/mol. The predicted molar refractivity (Wildman–Crippen MR) is 142 cm³/mol. The van der Waals surface area contributed by atoms with Gasteiger partial charge in [0.05, 0.1) is 40.4 Å². The first-order chi connectivity index (χ1) is 17.6. The lowest BCUT2D eigenvalue weighted by Crippen LogP contribution is -2.39. The number of rotatable bonds is 10. The van der Waals surface area contributed by atoms with Gasteiger partial charge >= 0.3 is 5.69 Å². The van der Waals surface area contributed by atoms with Crippen LogP contribution in [0.4, 0.5) is 11.4 Å². The van der Waals surface area contributed by atoms with Crippen molar-refractivity contribution in [1.82, 2.24) is 5.43 Å². The fourth-order valence-corrected chi connectivity index (χ4v) is 5.38. The van der Waals surface area contributed by atoms with Gasteiger partial charge in [-0.1, -0.05) is 17.7 Å². The van der Waals surface area contributed by atoms with Crippen molar-refractivity contribution in [2.75, 3.05) is 25.1 Å². The number of hydrogen-bond acceptors (Lipinski definition) is 8. The van der Waals surface area contributed by atoms with Crippen LogP contribution in [0, 0.1) is 17.0 Å². The van der Waals surface area contributed by atoms with Gasteiger partial charge in [-0.25, -0.2) is 13.8 Å². The van der Waals surface area contributed by atoms with Crippen LogP contribution in [0.5, 0.6) is 11.5 Å². The number of nitrogens with zero attached hydrogens (tertiary/aromatic N) is 3. The lowest BCUT2D eigenvalue weighted by Gasteiger charge is -2.24. The molecule has 0 bridgehead atoms. The predicted octanol–water partition coefficient (Wildman–Crippen LogP) is 4.03. The monoisotopic (exact) mass is 590 g/mol. The molecule has 3 rings (SSSR count). The van der Waals surface area contributed by atoms with Crippen molar-refractivity contribution in [3.05, 3.63) is 86.4 Å². The molecule has 0 saturated heterocycles. The lowest BCUT2D eigenvalue weighted by atomic mass is 10.2. The molecule has 0 aromatic heterocycles. The Balaban J connectivity index is 1.85. The van der Waals surface area contributed by atoms with Gasteiger partial charge in [0.2, 0.25) is 0 Å². The van der Waals surface area contributed by atoms with Gasteiger partial charge in [-0.05, 0) is 65.3 Å². The van der Waals surface area contributed by atoms with Gasteiger partial charge < -0.3 is 9.47 Å². The summed E-state index contributed by atoms with van der Waals surface area (Å²) in [5.74, 6) is -0.196. The minimum atomic E-state index is -4.16. The number of anilines is 1. The molecule has 3 aromatic carbocycles. The highest BCUT2D eigenvalue weighted by atomic mass is 79.9. The molecule has 0 unspecified atom stereocenters. The van der Waals surface area contributed by atoms with Gasteiger partial charge in [0.1, 0.15) is 12.3 Å². The maximum atomic E-state index is 13.5. The largest absolute Gasteiger partial charge is 0.496 e. The summed E-state index contributed by atoms with van der Waals surface area (Å²) >= 11 is 3.29. The first-order valence-electron chi connectivity index (χ1n) is 10.6. The molecule has 0 aliphatic rings. The molecule has 0 heterocycles. The summed E-state index contributed by atoms with van der Waals surface area (Å²) in [5.41, 5.74) is 3.53. The van der Waals surface area contributed by atoms with Crippen LogP contribution in [0.15, 0.2) is 75.1 Å². The summed E-state index contributed by atoms with van der Waals surface area (Å²) < 4.78 is 38.6. The minimum Gasteiger partial charge on any atom is -0.496 e. The van der Waals surface area contributed by atoms with E-state index in [1.54, 1.807) is 24.3 Å². The molecule has 0 atom stereocenters. The van der Waals surface area contributed by atoms with Gasteiger partial charge in [-0.2, -0.15) is 5.10 Å². The van der Waals surface area contributed by atoms with Crippen LogP contribution in [-0.4, -0.2) is 46.2 Å². The van der Waals surface area contributed by atoms with Crippen molar-refractivity contribution in [2.45, 2.75) is 11.8 Å². The Bertz CT molecular complexity index is 1440. The molecule has 0 fully saturated rings. The summed E-state index contributed by atoms with van der Waals surface area (Å²) in [6.45, 7) is 1.28. The molecule has 11 nitrogen and oxygen atoms in total. The van der Waals surface area contributed by atoms with Crippen LogP contribution in [0.2, 0.25) is 0 Å². The normalized spacial score (nSPS) is 11.2. The fourth-order valence-electron chi connectivity index (χ4n) is 3.24. The van der Waals surface area contributed by atoms with E-state index >= 15 is 0 Å². The quantitative estimate of drug-likeness (QED) is 0.213. The summed E-state index contributed by atoms with van der Waals surface area (Å²) in [5, 5.41) is 15.0. The summed E-state index contributed by atoms with van der Waals surface area (Å²) in [4.78, 5) is 23.3. The number of ether oxygens (including phenoxy) is 2. The molecule has 13 heteroatoms. The van der Waals surface area contributed by atoms with Crippen molar-refractivity contribution in [1.29, 1.82) is 0 Å². The van der Waals surface area contributed by atoms with Crippen LogP contribution < -0.4 is 19.2 Å². The van der Waals surface area contributed by atoms with Gasteiger partial charge in [-0.3, -0.25) is 19.2 Å². The standard InChI is InChI=1S/C24H23BrN4O7S/c1-16-4-7-18(8-5-16)28(37(33,34)19-9-11-22(35-2)20(25)13-19)15-24(30)27-26-14-17-6-10-23(36-3)21(12-17)29(31)32/h4-14H,15H2,1-3H3,(H,27,30)/b26-14-. The van der Waals surface area contributed by atoms with E-state index < -0.39 is 27.4 Å².